The Labute approximate surface area is 103 Å². The van der Waals surface area contributed by atoms with Crippen molar-refractivity contribution in [2.45, 2.75) is 18.7 Å². The van der Waals surface area contributed by atoms with Crippen LogP contribution in [0.1, 0.15) is 11.1 Å². The van der Waals surface area contributed by atoms with E-state index in [4.69, 9.17) is 5.73 Å². The van der Waals surface area contributed by atoms with Crippen LogP contribution in [0.15, 0.2) is 29.7 Å². The van der Waals surface area contributed by atoms with Gasteiger partial charge >= 0.3 is 0 Å². The third-order valence-corrected chi connectivity index (χ3v) is 4.69. The largest absolute Gasteiger partial charge is 0.397 e. The van der Waals surface area contributed by atoms with Crippen LogP contribution in [0.2, 0.25) is 0 Å². The predicted octanol–water partition coefficient (Wildman–Crippen LogP) is 1.69. The second-order valence-electron chi connectivity index (χ2n) is 4.02. The summed E-state index contributed by atoms with van der Waals surface area (Å²) < 4.78 is 25.9. The first-order chi connectivity index (χ1) is 7.82. The van der Waals surface area contributed by atoms with Crippen LogP contribution < -0.4 is 5.73 Å². The summed E-state index contributed by atoms with van der Waals surface area (Å²) in [5, 5.41) is 0. The highest BCUT2D eigenvalue weighted by molar-refractivity contribution is 7.89. The number of hydrogen-bond donors (Lipinski definition) is 1. The number of rotatable bonds is 4. The first kappa shape index (κ1) is 13.7. The number of sulfonamides is 1. The van der Waals surface area contributed by atoms with Crippen LogP contribution in [0.3, 0.4) is 0 Å². The van der Waals surface area contributed by atoms with E-state index >= 15 is 0 Å². The number of nitrogens with zero attached hydrogens (tertiary/aromatic N) is 1. The molecule has 0 spiro atoms. The second-order valence-corrected chi connectivity index (χ2v) is 6.00. The third-order valence-electron chi connectivity index (χ3n) is 2.67. The molecule has 0 atom stereocenters. The van der Waals surface area contributed by atoms with E-state index in [1.54, 1.807) is 26.0 Å². The van der Waals surface area contributed by atoms with Crippen LogP contribution in [0.5, 0.6) is 0 Å². The summed E-state index contributed by atoms with van der Waals surface area (Å²) in [6.07, 6.45) is 1.54. The monoisotopic (exact) mass is 254 g/mol. The number of anilines is 1. The molecule has 1 aromatic carbocycles. The Kier molecular flexibility index (Phi) is 3.95. The molecule has 17 heavy (non-hydrogen) atoms. The van der Waals surface area contributed by atoms with Gasteiger partial charge in [-0.25, -0.2) is 8.42 Å². The van der Waals surface area contributed by atoms with Crippen molar-refractivity contribution in [1.29, 1.82) is 0 Å². The second kappa shape index (κ2) is 4.89. The fourth-order valence-electron chi connectivity index (χ4n) is 1.59. The maximum Gasteiger partial charge on any atom is 0.245 e. The number of likely N-dealkylation sites (N-methyl/N-ethyl adjacent to an activating group) is 1. The molecule has 0 aromatic heterocycles. The topological polar surface area (TPSA) is 63.4 Å². The first-order valence-electron chi connectivity index (χ1n) is 5.25. The molecule has 0 unspecified atom stereocenters. The molecule has 0 heterocycles. The summed E-state index contributed by atoms with van der Waals surface area (Å²) in [7, 11) is -2.04. The summed E-state index contributed by atoms with van der Waals surface area (Å²) in [5.41, 5.74) is 7.61. The molecular weight excluding hydrogens is 236 g/mol. The van der Waals surface area contributed by atoms with E-state index in [0.717, 1.165) is 5.56 Å². The molecule has 1 rings (SSSR count). The Hall–Kier alpha value is -1.33. The zero-order valence-corrected chi connectivity index (χ0v) is 11.2. The Balaban J connectivity index is 3.43. The molecule has 2 N–H and O–H groups in total. The third kappa shape index (κ3) is 2.50. The van der Waals surface area contributed by atoms with Crippen molar-refractivity contribution < 1.29 is 8.42 Å². The SMILES string of the molecule is C=CCN(C)S(=O)(=O)c1c(C)ccc(C)c1N. The van der Waals surface area contributed by atoms with Crippen molar-refractivity contribution in [2.24, 2.45) is 0 Å². The molecule has 0 aliphatic rings. The van der Waals surface area contributed by atoms with E-state index in [2.05, 4.69) is 6.58 Å². The van der Waals surface area contributed by atoms with Gasteiger partial charge in [0, 0.05) is 13.6 Å². The van der Waals surface area contributed by atoms with Gasteiger partial charge < -0.3 is 5.73 Å². The molecule has 4 nitrogen and oxygen atoms in total. The number of aryl methyl sites for hydroxylation is 2. The van der Waals surface area contributed by atoms with Gasteiger partial charge in [0.05, 0.1) is 5.69 Å². The lowest BCUT2D eigenvalue weighted by molar-refractivity contribution is 0.499. The quantitative estimate of drug-likeness (QED) is 0.657. The summed E-state index contributed by atoms with van der Waals surface area (Å²) in [5.74, 6) is 0. The van der Waals surface area contributed by atoms with Crippen LogP contribution in [0.4, 0.5) is 5.69 Å². The minimum absolute atomic E-state index is 0.196. The number of benzene rings is 1. The summed E-state index contributed by atoms with van der Waals surface area (Å²) in [4.78, 5) is 0.196. The number of nitrogen functional groups attached to an aromatic ring is 1. The fraction of sp³-hybridized carbons (Fsp3) is 0.333. The molecular formula is C12H18N2O2S. The van der Waals surface area contributed by atoms with Gasteiger partial charge in [0.15, 0.2) is 0 Å². The average molecular weight is 254 g/mol. The summed E-state index contributed by atoms with van der Waals surface area (Å²) in [6, 6.07) is 3.58. The molecule has 0 bridgehead atoms. The molecule has 0 fully saturated rings. The van der Waals surface area contributed by atoms with Gasteiger partial charge in [-0.1, -0.05) is 18.2 Å². The van der Waals surface area contributed by atoms with Crippen molar-refractivity contribution >= 4 is 15.7 Å². The normalized spacial score (nSPS) is 11.8. The van der Waals surface area contributed by atoms with E-state index < -0.39 is 10.0 Å². The summed E-state index contributed by atoms with van der Waals surface area (Å²) in [6.45, 7) is 7.33. The highest BCUT2D eigenvalue weighted by Crippen LogP contribution is 2.27. The lowest BCUT2D eigenvalue weighted by Crippen LogP contribution is -2.28. The van der Waals surface area contributed by atoms with E-state index in [1.165, 1.54) is 11.4 Å². The summed E-state index contributed by atoms with van der Waals surface area (Å²) >= 11 is 0. The molecule has 0 aliphatic carbocycles. The van der Waals surface area contributed by atoms with E-state index in [-0.39, 0.29) is 11.4 Å². The molecule has 0 saturated carbocycles. The Bertz CT molecular complexity index is 536. The molecule has 0 radical (unpaired) electrons. The van der Waals surface area contributed by atoms with Crippen LogP contribution >= 0.6 is 0 Å². The Morgan fingerprint density at radius 2 is 1.88 bits per heavy atom. The highest BCUT2D eigenvalue weighted by atomic mass is 32.2. The predicted molar refractivity (Wildman–Crippen MR) is 70.3 cm³/mol. The lowest BCUT2D eigenvalue weighted by atomic mass is 10.1. The highest BCUT2D eigenvalue weighted by Gasteiger charge is 2.25. The maximum absolute atomic E-state index is 12.3. The molecule has 0 aliphatic heterocycles. The minimum atomic E-state index is -3.55. The van der Waals surface area contributed by atoms with Crippen molar-refractivity contribution in [3.05, 3.63) is 35.9 Å². The van der Waals surface area contributed by atoms with E-state index in [1.807, 2.05) is 6.07 Å². The van der Waals surface area contributed by atoms with Crippen LogP contribution in [0.25, 0.3) is 0 Å². The Morgan fingerprint density at radius 1 is 1.35 bits per heavy atom. The van der Waals surface area contributed by atoms with E-state index in [0.29, 0.717) is 11.3 Å². The standard InChI is InChI=1S/C12H18N2O2S/c1-5-8-14(4)17(15,16)12-10(3)7-6-9(2)11(12)13/h5-7H,1,8,13H2,2-4H3. The maximum atomic E-state index is 12.3. The molecule has 5 heteroatoms. The van der Waals surface area contributed by atoms with Crippen molar-refractivity contribution in [3.8, 4) is 0 Å². The van der Waals surface area contributed by atoms with Crippen molar-refractivity contribution in [1.82, 2.24) is 4.31 Å². The first-order valence-corrected chi connectivity index (χ1v) is 6.69. The van der Waals surface area contributed by atoms with Crippen LogP contribution in [-0.4, -0.2) is 26.3 Å². The van der Waals surface area contributed by atoms with Gasteiger partial charge in [0.2, 0.25) is 10.0 Å². The molecule has 0 saturated heterocycles. The van der Waals surface area contributed by atoms with Gasteiger partial charge in [-0.05, 0) is 25.0 Å². The zero-order chi connectivity index (χ0) is 13.2. The minimum Gasteiger partial charge on any atom is -0.397 e. The van der Waals surface area contributed by atoms with Gasteiger partial charge in [-0.3, -0.25) is 0 Å². The van der Waals surface area contributed by atoms with Gasteiger partial charge in [0.1, 0.15) is 4.90 Å². The van der Waals surface area contributed by atoms with Crippen molar-refractivity contribution in [2.75, 3.05) is 19.3 Å². The average Bonchev–Trinajstić information content (AvgIpc) is 2.24. The van der Waals surface area contributed by atoms with Gasteiger partial charge in [-0.2, -0.15) is 4.31 Å². The van der Waals surface area contributed by atoms with Crippen molar-refractivity contribution in [3.63, 3.8) is 0 Å². The van der Waals surface area contributed by atoms with Crippen LogP contribution in [-0.2, 0) is 10.0 Å². The Morgan fingerprint density at radius 3 is 2.41 bits per heavy atom. The number of nitrogens with two attached hydrogens (primary N) is 1. The fourth-order valence-corrected chi connectivity index (χ4v) is 3.11. The molecule has 0 amide bonds. The molecule has 1 aromatic rings. The van der Waals surface area contributed by atoms with Gasteiger partial charge in [0.25, 0.3) is 0 Å². The smallest absolute Gasteiger partial charge is 0.245 e. The van der Waals surface area contributed by atoms with Gasteiger partial charge in [-0.15, -0.1) is 6.58 Å². The lowest BCUT2D eigenvalue weighted by Gasteiger charge is -2.19. The van der Waals surface area contributed by atoms with Crippen LogP contribution in [0, 0.1) is 13.8 Å². The zero-order valence-electron chi connectivity index (χ0n) is 10.4. The molecule has 94 valence electrons. The van der Waals surface area contributed by atoms with E-state index in [9.17, 15) is 8.42 Å². The number of hydrogen-bond acceptors (Lipinski definition) is 3.